The third kappa shape index (κ3) is 3.60. The molecule has 0 N–H and O–H groups in total. The molecule has 0 saturated heterocycles. The van der Waals surface area contributed by atoms with E-state index in [0.29, 0.717) is 26.2 Å². The van der Waals surface area contributed by atoms with E-state index < -0.39 is 0 Å². The zero-order chi connectivity index (χ0) is 15.4. The van der Waals surface area contributed by atoms with Crippen molar-refractivity contribution in [1.82, 2.24) is 4.90 Å². The minimum Gasteiger partial charge on any atom is -0.486 e. The summed E-state index contributed by atoms with van der Waals surface area (Å²) in [7, 11) is 1.84. The monoisotopic (exact) mass is 317 g/mol. The summed E-state index contributed by atoms with van der Waals surface area (Å²) in [6.07, 6.45) is 1.35. The van der Waals surface area contributed by atoms with Gasteiger partial charge in [-0.25, -0.2) is 0 Å². The van der Waals surface area contributed by atoms with E-state index in [1.807, 2.05) is 36.7 Å². The Balaban J connectivity index is 1.56. The van der Waals surface area contributed by atoms with Crippen LogP contribution in [0.1, 0.15) is 16.9 Å². The normalized spacial score (nSPS) is 13.0. The van der Waals surface area contributed by atoms with Crippen molar-refractivity contribution in [2.75, 3.05) is 20.3 Å². The first-order chi connectivity index (χ1) is 10.7. The van der Waals surface area contributed by atoms with Crippen LogP contribution in [0.25, 0.3) is 0 Å². The molecular formula is C17H19NO3S. The molecule has 116 valence electrons. The van der Waals surface area contributed by atoms with Crippen LogP contribution in [0.15, 0.2) is 35.7 Å². The third-order valence-corrected chi connectivity index (χ3v) is 4.55. The maximum Gasteiger partial charge on any atom is 0.222 e. The fourth-order valence-corrected chi connectivity index (χ4v) is 3.13. The number of carbonyl (C=O) groups excluding carboxylic acids is 1. The van der Waals surface area contributed by atoms with Crippen LogP contribution in [-0.2, 0) is 17.8 Å². The molecule has 1 aromatic heterocycles. The molecule has 0 atom stereocenters. The second-order valence-electron chi connectivity index (χ2n) is 5.31. The molecule has 0 bridgehead atoms. The van der Waals surface area contributed by atoms with Gasteiger partial charge in [0, 0.05) is 24.9 Å². The number of ether oxygens (including phenoxy) is 2. The fraction of sp³-hybridized carbons (Fsp3) is 0.353. The van der Waals surface area contributed by atoms with E-state index in [1.54, 1.807) is 16.2 Å². The van der Waals surface area contributed by atoms with Crippen molar-refractivity contribution in [2.24, 2.45) is 0 Å². The van der Waals surface area contributed by atoms with Gasteiger partial charge in [-0.1, -0.05) is 12.1 Å². The first-order valence-electron chi connectivity index (χ1n) is 7.37. The molecule has 1 aliphatic heterocycles. The van der Waals surface area contributed by atoms with Crippen molar-refractivity contribution in [3.63, 3.8) is 0 Å². The van der Waals surface area contributed by atoms with Gasteiger partial charge in [-0.2, -0.15) is 0 Å². The lowest BCUT2D eigenvalue weighted by atomic mass is 10.1. The Morgan fingerprint density at radius 3 is 2.82 bits per heavy atom. The first-order valence-corrected chi connectivity index (χ1v) is 8.25. The van der Waals surface area contributed by atoms with Gasteiger partial charge in [-0.05, 0) is 35.6 Å². The average molecular weight is 317 g/mol. The Morgan fingerprint density at radius 1 is 1.23 bits per heavy atom. The number of hydrogen-bond donors (Lipinski definition) is 0. The highest BCUT2D eigenvalue weighted by Crippen LogP contribution is 2.31. The summed E-state index contributed by atoms with van der Waals surface area (Å²) in [5, 5.41) is 2.04. The average Bonchev–Trinajstić information content (AvgIpc) is 3.06. The largest absolute Gasteiger partial charge is 0.486 e. The zero-order valence-electron chi connectivity index (χ0n) is 12.6. The van der Waals surface area contributed by atoms with Gasteiger partial charge in [0.15, 0.2) is 11.5 Å². The molecule has 5 heteroatoms. The lowest BCUT2D eigenvalue weighted by Crippen LogP contribution is -2.26. The van der Waals surface area contributed by atoms with Gasteiger partial charge in [-0.3, -0.25) is 4.79 Å². The van der Waals surface area contributed by atoms with Crippen molar-refractivity contribution < 1.29 is 14.3 Å². The fourth-order valence-electron chi connectivity index (χ4n) is 2.42. The van der Waals surface area contributed by atoms with E-state index in [2.05, 4.69) is 6.07 Å². The van der Waals surface area contributed by atoms with E-state index in [1.165, 1.54) is 4.88 Å². The highest BCUT2D eigenvalue weighted by atomic mass is 32.1. The SMILES string of the molecule is CN(Cc1ccc2c(c1)OCCO2)C(=O)CCc1cccs1. The summed E-state index contributed by atoms with van der Waals surface area (Å²) >= 11 is 1.69. The summed E-state index contributed by atoms with van der Waals surface area (Å²) in [4.78, 5) is 15.2. The molecule has 1 amide bonds. The molecule has 22 heavy (non-hydrogen) atoms. The quantitative estimate of drug-likeness (QED) is 0.850. The number of hydrogen-bond acceptors (Lipinski definition) is 4. The summed E-state index contributed by atoms with van der Waals surface area (Å²) in [5.74, 6) is 1.70. The molecule has 0 spiro atoms. The molecule has 0 fully saturated rings. The van der Waals surface area contributed by atoms with Crippen LogP contribution in [-0.4, -0.2) is 31.1 Å². The maximum atomic E-state index is 12.2. The first kappa shape index (κ1) is 14.9. The van der Waals surface area contributed by atoms with Crippen LogP contribution in [0.3, 0.4) is 0 Å². The van der Waals surface area contributed by atoms with E-state index in [0.717, 1.165) is 23.5 Å². The lowest BCUT2D eigenvalue weighted by molar-refractivity contribution is -0.130. The summed E-state index contributed by atoms with van der Waals surface area (Å²) < 4.78 is 11.1. The van der Waals surface area contributed by atoms with Gasteiger partial charge in [0.1, 0.15) is 13.2 Å². The molecule has 2 heterocycles. The Bertz CT molecular complexity index is 639. The van der Waals surface area contributed by atoms with Crippen LogP contribution in [0.2, 0.25) is 0 Å². The second kappa shape index (κ2) is 6.83. The molecule has 0 radical (unpaired) electrons. The van der Waals surface area contributed by atoms with Crippen molar-refractivity contribution >= 4 is 17.2 Å². The Hall–Kier alpha value is -2.01. The number of fused-ring (bicyclic) bond motifs is 1. The highest BCUT2D eigenvalue weighted by Gasteiger charge is 2.14. The smallest absolute Gasteiger partial charge is 0.222 e. The van der Waals surface area contributed by atoms with Crippen LogP contribution in [0.4, 0.5) is 0 Å². The molecule has 3 rings (SSSR count). The zero-order valence-corrected chi connectivity index (χ0v) is 13.4. The summed E-state index contributed by atoms with van der Waals surface area (Å²) in [6.45, 7) is 1.75. The van der Waals surface area contributed by atoms with Gasteiger partial charge >= 0.3 is 0 Å². The predicted molar refractivity (Wildman–Crippen MR) is 86.5 cm³/mol. The molecule has 0 aliphatic carbocycles. The van der Waals surface area contributed by atoms with Gasteiger partial charge in [-0.15, -0.1) is 11.3 Å². The predicted octanol–water partition coefficient (Wildman–Crippen LogP) is 3.11. The summed E-state index contributed by atoms with van der Waals surface area (Å²) in [6, 6.07) is 9.93. The van der Waals surface area contributed by atoms with Crippen molar-refractivity contribution in [2.45, 2.75) is 19.4 Å². The minimum atomic E-state index is 0.156. The van der Waals surface area contributed by atoms with Crippen molar-refractivity contribution in [1.29, 1.82) is 0 Å². The molecule has 0 saturated carbocycles. The molecule has 0 unspecified atom stereocenters. The van der Waals surface area contributed by atoms with Crippen LogP contribution in [0.5, 0.6) is 11.5 Å². The Labute approximate surface area is 134 Å². The molecule has 4 nitrogen and oxygen atoms in total. The number of rotatable bonds is 5. The number of carbonyl (C=O) groups is 1. The van der Waals surface area contributed by atoms with Crippen molar-refractivity contribution in [3.8, 4) is 11.5 Å². The second-order valence-corrected chi connectivity index (χ2v) is 6.34. The van der Waals surface area contributed by atoms with Gasteiger partial charge < -0.3 is 14.4 Å². The van der Waals surface area contributed by atoms with Crippen LogP contribution >= 0.6 is 11.3 Å². The van der Waals surface area contributed by atoms with Gasteiger partial charge in [0.05, 0.1) is 0 Å². The molecule has 2 aromatic rings. The molecular weight excluding hydrogens is 298 g/mol. The topological polar surface area (TPSA) is 38.8 Å². The standard InChI is InChI=1S/C17H19NO3S/c1-18(17(19)7-5-14-3-2-10-22-14)12-13-4-6-15-16(11-13)21-9-8-20-15/h2-4,6,10-11H,5,7-9,12H2,1H3. The Morgan fingerprint density at radius 2 is 2.05 bits per heavy atom. The van der Waals surface area contributed by atoms with Crippen LogP contribution in [0, 0.1) is 0 Å². The van der Waals surface area contributed by atoms with Gasteiger partial charge in [0.25, 0.3) is 0 Å². The molecule has 1 aliphatic rings. The van der Waals surface area contributed by atoms with Crippen molar-refractivity contribution in [3.05, 3.63) is 46.2 Å². The number of benzene rings is 1. The third-order valence-electron chi connectivity index (χ3n) is 3.62. The van der Waals surface area contributed by atoms with Gasteiger partial charge in [0.2, 0.25) is 5.91 Å². The van der Waals surface area contributed by atoms with E-state index in [9.17, 15) is 4.79 Å². The molecule has 1 aromatic carbocycles. The highest BCUT2D eigenvalue weighted by molar-refractivity contribution is 7.09. The van der Waals surface area contributed by atoms with E-state index in [4.69, 9.17) is 9.47 Å². The number of amides is 1. The Kier molecular flexibility index (Phi) is 4.63. The van der Waals surface area contributed by atoms with Crippen LogP contribution < -0.4 is 9.47 Å². The summed E-state index contributed by atoms with van der Waals surface area (Å²) in [5.41, 5.74) is 1.05. The lowest BCUT2D eigenvalue weighted by Gasteiger charge is -2.21. The number of aryl methyl sites for hydroxylation is 1. The minimum absolute atomic E-state index is 0.156. The number of nitrogens with zero attached hydrogens (tertiary/aromatic N) is 1. The van der Waals surface area contributed by atoms with E-state index >= 15 is 0 Å². The maximum absolute atomic E-state index is 12.2. The number of thiophene rings is 1. The van der Waals surface area contributed by atoms with E-state index in [-0.39, 0.29) is 5.91 Å².